The lowest BCUT2D eigenvalue weighted by molar-refractivity contribution is 0.0000137. The number of rotatable bonds is 6. The molecule has 0 amide bonds. The van der Waals surface area contributed by atoms with Crippen LogP contribution < -0.4 is 10.1 Å². The van der Waals surface area contributed by atoms with Crippen molar-refractivity contribution in [2.45, 2.75) is 18.9 Å². The summed E-state index contributed by atoms with van der Waals surface area (Å²) in [6.07, 6.45) is 2.17. The maximum Gasteiger partial charge on any atom is 0.122 e. The molecule has 0 aromatic heterocycles. The first kappa shape index (κ1) is 17.8. The van der Waals surface area contributed by atoms with Gasteiger partial charge in [0.25, 0.3) is 0 Å². The molecule has 0 aliphatic carbocycles. The maximum absolute atomic E-state index is 6.00. The summed E-state index contributed by atoms with van der Waals surface area (Å²) in [7, 11) is 0. The average Bonchev–Trinajstić information content (AvgIpc) is 2.61. The van der Waals surface area contributed by atoms with E-state index in [0.717, 1.165) is 38.3 Å². The van der Waals surface area contributed by atoms with Gasteiger partial charge in [-0.1, -0.05) is 48.5 Å². The van der Waals surface area contributed by atoms with Crippen LogP contribution in [0.25, 0.3) is 0 Å². The number of halogens is 1. The summed E-state index contributed by atoms with van der Waals surface area (Å²) in [5, 5.41) is 3.33. The summed E-state index contributed by atoms with van der Waals surface area (Å²) in [5.74, 6) is 0.979. The first-order valence-electron chi connectivity index (χ1n) is 7.99. The van der Waals surface area contributed by atoms with E-state index in [1.807, 2.05) is 6.07 Å². The van der Waals surface area contributed by atoms with Gasteiger partial charge in [-0.3, -0.25) is 0 Å². The van der Waals surface area contributed by atoms with Crippen LogP contribution in [0.1, 0.15) is 11.1 Å². The average molecular weight is 334 g/mol. The third-order valence-corrected chi connectivity index (χ3v) is 3.93. The lowest BCUT2D eigenvalue weighted by Gasteiger charge is -2.24. The van der Waals surface area contributed by atoms with E-state index in [9.17, 15) is 0 Å². The van der Waals surface area contributed by atoms with E-state index in [1.54, 1.807) is 0 Å². The molecule has 0 radical (unpaired) electrons. The van der Waals surface area contributed by atoms with Crippen LogP contribution >= 0.6 is 12.4 Å². The Hall–Kier alpha value is -1.55. The monoisotopic (exact) mass is 333 g/mol. The molecule has 124 valence electrons. The van der Waals surface area contributed by atoms with Gasteiger partial charge in [-0.05, 0) is 30.0 Å². The predicted octanol–water partition coefficient (Wildman–Crippen LogP) is 3.26. The van der Waals surface area contributed by atoms with Crippen molar-refractivity contribution in [1.29, 1.82) is 0 Å². The minimum atomic E-state index is 0. The van der Waals surface area contributed by atoms with Gasteiger partial charge in [0.05, 0.1) is 6.61 Å². The molecule has 3 rings (SSSR count). The number of ether oxygens (including phenoxy) is 2. The summed E-state index contributed by atoms with van der Waals surface area (Å²) in [4.78, 5) is 0. The van der Waals surface area contributed by atoms with Gasteiger partial charge in [-0.15, -0.1) is 12.4 Å². The molecular weight excluding hydrogens is 310 g/mol. The molecule has 1 aliphatic rings. The Morgan fingerprint density at radius 1 is 1.00 bits per heavy atom. The summed E-state index contributed by atoms with van der Waals surface area (Å²) >= 11 is 0. The van der Waals surface area contributed by atoms with Crippen LogP contribution in [0.15, 0.2) is 54.6 Å². The van der Waals surface area contributed by atoms with E-state index >= 15 is 0 Å². The van der Waals surface area contributed by atoms with Gasteiger partial charge in [0, 0.05) is 13.1 Å². The van der Waals surface area contributed by atoms with Gasteiger partial charge in [0.1, 0.15) is 18.5 Å². The highest BCUT2D eigenvalue weighted by molar-refractivity contribution is 5.85. The molecule has 3 nitrogen and oxygen atoms in total. The van der Waals surface area contributed by atoms with Crippen molar-refractivity contribution >= 4 is 12.4 Å². The quantitative estimate of drug-likeness (QED) is 0.880. The minimum Gasteiger partial charge on any atom is -0.491 e. The van der Waals surface area contributed by atoms with Gasteiger partial charge in [-0.2, -0.15) is 0 Å². The van der Waals surface area contributed by atoms with Crippen molar-refractivity contribution in [3.8, 4) is 5.75 Å². The zero-order valence-electron chi connectivity index (χ0n) is 13.2. The molecule has 0 unspecified atom stereocenters. The number of aryl methyl sites for hydroxylation is 2. The van der Waals surface area contributed by atoms with Crippen LogP contribution in [0.5, 0.6) is 5.75 Å². The number of para-hydroxylation sites is 1. The van der Waals surface area contributed by atoms with E-state index in [-0.39, 0.29) is 18.5 Å². The van der Waals surface area contributed by atoms with Gasteiger partial charge in [0.15, 0.2) is 0 Å². The van der Waals surface area contributed by atoms with Crippen LogP contribution in [-0.4, -0.2) is 32.4 Å². The third kappa shape index (κ3) is 5.54. The molecule has 23 heavy (non-hydrogen) atoms. The lowest BCUT2D eigenvalue weighted by atomic mass is 10.0. The summed E-state index contributed by atoms with van der Waals surface area (Å²) in [5.41, 5.74) is 2.62. The second kappa shape index (κ2) is 9.56. The number of benzene rings is 2. The van der Waals surface area contributed by atoms with Gasteiger partial charge < -0.3 is 14.8 Å². The van der Waals surface area contributed by atoms with Crippen LogP contribution in [-0.2, 0) is 17.6 Å². The van der Waals surface area contributed by atoms with Crippen molar-refractivity contribution < 1.29 is 9.47 Å². The molecule has 1 N–H and O–H groups in total. The van der Waals surface area contributed by atoms with Crippen LogP contribution in [0.4, 0.5) is 0 Å². The molecule has 4 heteroatoms. The smallest absolute Gasteiger partial charge is 0.122 e. The van der Waals surface area contributed by atoms with Crippen molar-refractivity contribution in [2.24, 2.45) is 0 Å². The largest absolute Gasteiger partial charge is 0.491 e. The molecule has 1 atom stereocenters. The van der Waals surface area contributed by atoms with Gasteiger partial charge in [0.2, 0.25) is 0 Å². The fourth-order valence-electron chi connectivity index (χ4n) is 2.68. The number of hydrogen-bond acceptors (Lipinski definition) is 3. The topological polar surface area (TPSA) is 30.5 Å². The van der Waals surface area contributed by atoms with E-state index in [1.165, 1.54) is 11.1 Å². The molecule has 0 spiro atoms. The molecule has 0 saturated carbocycles. The van der Waals surface area contributed by atoms with Crippen LogP contribution in [0.3, 0.4) is 0 Å². The van der Waals surface area contributed by atoms with Crippen molar-refractivity contribution in [1.82, 2.24) is 5.32 Å². The summed E-state index contributed by atoms with van der Waals surface area (Å²) < 4.78 is 11.7. The molecule has 1 fully saturated rings. The highest BCUT2D eigenvalue weighted by atomic mass is 35.5. The molecule has 2 aromatic carbocycles. The van der Waals surface area contributed by atoms with Crippen molar-refractivity contribution in [3.05, 3.63) is 65.7 Å². The van der Waals surface area contributed by atoms with Crippen molar-refractivity contribution in [2.75, 3.05) is 26.3 Å². The zero-order valence-corrected chi connectivity index (χ0v) is 14.1. The molecule has 1 saturated heterocycles. The molecule has 0 bridgehead atoms. The second-order valence-electron chi connectivity index (χ2n) is 5.60. The Kier molecular flexibility index (Phi) is 7.40. The zero-order chi connectivity index (χ0) is 15.0. The highest BCUT2D eigenvalue weighted by Crippen LogP contribution is 2.20. The standard InChI is InChI=1S/C19H23NO2.ClH/c1-2-6-16(7-3-1)10-11-17-8-4-5-9-19(17)22-15-18-14-20-12-13-21-18;/h1-9,18,20H,10-15H2;1H/t18-;/m1./s1. The lowest BCUT2D eigenvalue weighted by Crippen LogP contribution is -2.41. The van der Waals surface area contributed by atoms with E-state index in [4.69, 9.17) is 9.47 Å². The number of nitrogens with one attached hydrogen (secondary N) is 1. The SMILES string of the molecule is Cl.c1ccc(CCc2ccccc2OC[C@H]2CNCCO2)cc1. The second-order valence-corrected chi connectivity index (χ2v) is 5.60. The van der Waals surface area contributed by atoms with E-state index in [0.29, 0.717) is 6.61 Å². The molecule has 1 aliphatic heterocycles. The van der Waals surface area contributed by atoms with Gasteiger partial charge >= 0.3 is 0 Å². The van der Waals surface area contributed by atoms with E-state index in [2.05, 4.69) is 53.8 Å². The Bertz CT molecular complexity index is 571. The minimum absolute atomic E-state index is 0. The van der Waals surface area contributed by atoms with Gasteiger partial charge in [-0.25, -0.2) is 0 Å². The van der Waals surface area contributed by atoms with Crippen molar-refractivity contribution in [3.63, 3.8) is 0 Å². The molecular formula is C19H24ClNO2. The number of hydrogen-bond donors (Lipinski definition) is 1. The fourth-order valence-corrected chi connectivity index (χ4v) is 2.68. The Morgan fingerprint density at radius 2 is 1.78 bits per heavy atom. The normalized spacial score (nSPS) is 17.3. The predicted molar refractivity (Wildman–Crippen MR) is 95.6 cm³/mol. The Labute approximate surface area is 144 Å². The number of morpholine rings is 1. The van der Waals surface area contributed by atoms with Crippen LogP contribution in [0, 0.1) is 0 Å². The summed E-state index contributed by atoms with van der Waals surface area (Å²) in [6, 6.07) is 18.9. The van der Waals surface area contributed by atoms with E-state index < -0.39 is 0 Å². The Balaban J connectivity index is 0.00000192. The maximum atomic E-state index is 6.00. The molecule has 2 aromatic rings. The third-order valence-electron chi connectivity index (χ3n) is 3.93. The first-order chi connectivity index (χ1) is 10.9. The van der Waals surface area contributed by atoms with Crippen LogP contribution in [0.2, 0.25) is 0 Å². The fraction of sp³-hybridized carbons (Fsp3) is 0.368. The summed E-state index contributed by atoms with van der Waals surface area (Å²) in [6.45, 7) is 3.18. The highest BCUT2D eigenvalue weighted by Gasteiger charge is 2.14. The Morgan fingerprint density at radius 3 is 2.57 bits per heavy atom. The molecule has 1 heterocycles. The first-order valence-corrected chi connectivity index (χ1v) is 7.99.